The molecule has 0 radical (unpaired) electrons. The fraction of sp³-hybridized carbons (Fsp3) is 0.769. The van der Waals surface area contributed by atoms with Gasteiger partial charge >= 0.3 is 0 Å². The molecular formula is C13H24N4. The Bertz CT molecular complexity index is 266. The molecule has 1 aromatic rings. The molecule has 4 nitrogen and oxygen atoms in total. The van der Waals surface area contributed by atoms with Crippen LogP contribution in [0.1, 0.15) is 52.4 Å². The van der Waals surface area contributed by atoms with E-state index in [-0.39, 0.29) is 0 Å². The number of unbranched alkanes of at least 4 members (excludes halogenated alkanes) is 4. The second kappa shape index (κ2) is 8.90. The third-order valence-corrected chi connectivity index (χ3v) is 2.83. The average molecular weight is 236 g/mol. The normalized spacial score (nSPS) is 10.5. The molecule has 0 aromatic carbocycles. The fourth-order valence-electron chi connectivity index (χ4n) is 1.81. The average Bonchev–Trinajstić information content (AvgIpc) is 2.38. The van der Waals surface area contributed by atoms with Crippen LogP contribution in [0.4, 0.5) is 5.95 Å². The summed E-state index contributed by atoms with van der Waals surface area (Å²) in [6.45, 7) is 6.57. The highest BCUT2D eigenvalue weighted by atomic mass is 15.3. The molecule has 0 aliphatic heterocycles. The molecule has 0 fully saturated rings. The predicted molar refractivity (Wildman–Crippen MR) is 71.1 cm³/mol. The minimum absolute atomic E-state index is 0.826. The molecule has 0 aliphatic rings. The molecule has 0 bridgehead atoms. The highest BCUT2D eigenvalue weighted by molar-refractivity contribution is 5.26. The number of hydrogen-bond acceptors (Lipinski definition) is 4. The van der Waals surface area contributed by atoms with Crippen molar-refractivity contribution in [3.05, 3.63) is 12.7 Å². The van der Waals surface area contributed by atoms with E-state index in [1.165, 1.54) is 38.5 Å². The first-order valence-electron chi connectivity index (χ1n) is 6.75. The quantitative estimate of drug-likeness (QED) is 0.618. The van der Waals surface area contributed by atoms with Gasteiger partial charge in [-0.05, 0) is 12.8 Å². The van der Waals surface area contributed by atoms with Gasteiger partial charge in [0.05, 0.1) is 0 Å². The van der Waals surface area contributed by atoms with Gasteiger partial charge in [0.1, 0.15) is 12.7 Å². The zero-order chi connectivity index (χ0) is 12.3. The monoisotopic (exact) mass is 236 g/mol. The Morgan fingerprint density at radius 2 is 1.41 bits per heavy atom. The van der Waals surface area contributed by atoms with Gasteiger partial charge in [-0.2, -0.15) is 0 Å². The minimum atomic E-state index is 0.826. The lowest BCUT2D eigenvalue weighted by Gasteiger charge is -2.22. The van der Waals surface area contributed by atoms with E-state index >= 15 is 0 Å². The van der Waals surface area contributed by atoms with Gasteiger partial charge in [-0.3, -0.25) is 0 Å². The highest BCUT2D eigenvalue weighted by Gasteiger charge is 2.07. The second-order valence-corrected chi connectivity index (χ2v) is 4.34. The van der Waals surface area contributed by atoms with Gasteiger partial charge in [-0.25, -0.2) is 15.0 Å². The summed E-state index contributed by atoms with van der Waals surface area (Å²) < 4.78 is 0. The van der Waals surface area contributed by atoms with E-state index in [4.69, 9.17) is 0 Å². The van der Waals surface area contributed by atoms with Crippen molar-refractivity contribution in [2.24, 2.45) is 0 Å². The molecular weight excluding hydrogens is 212 g/mol. The summed E-state index contributed by atoms with van der Waals surface area (Å²) in [6, 6.07) is 0. The van der Waals surface area contributed by atoms with E-state index in [2.05, 4.69) is 33.7 Å². The van der Waals surface area contributed by atoms with Crippen molar-refractivity contribution in [1.82, 2.24) is 15.0 Å². The number of rotatable bonds is 9. The highest BCUT2D eigenvalue weighted by Crippen LogP contribution is 2.09. The molecule has 4 heteroatoms. The molecule has 0 N–H and O–H groups in total. The molecule has 96 valence electrons. The lowest BCUT2D eigenvalue weighted by atomic mass is 10.2. The second-order valence-electron chi connectivity index (χ2n) is 4.34. The maximum atomic E-state index is 4.24. The molecule has 0 saturated carbocycles. The van der Waals surface area contributed by atoms with Crippen molar-refractivity contribution in [2.75, 3.05) is 18.0 Å². The maximum absolute atomic E-state index is 4.24. The Hall–Kier alpha value is -1.19. The number of aromatic nitrogens is 3. The Morgan fingerprint density at radius 1 is 0.882 bits per heavy atom. The van der Waals surface area contributed by atoms with Crippen LogP contribution in [0.15, 0.2) is 12.7 Å². The summed E-state index contributed by atoms with van der Waals surface area (Å²) in [6.07, 6.45) is 10.6. The number of nitrogens with zero attached hydrogens (tertiary/aromatic N) is 4. The zero-order valence-corrected chi connectivity index (χ0v) is 11.1. The molecule has 0 aliphatic carbocycles. The van der Waals surface area contributed by atoms with Gasteiger partial charge in [-0.1, -0.05) is 39.5 Å². The third kappa shape index (κ3) is 5.61. The first-order valence-corrected chi connectivity index (χ1v) is 6.75. The van der Waals surface area contributed by atoms with Crippen molar-refractivity contribution >= 4 is 5.95 Å². The summed E-state index contributed by atoms with van der Waals surface area (Å²) >= 11 is 0. The summed E-state index contributed by atoms with van der Waals surface area (Å²) in [5.41, 5.74) is 0. The lowest BCUT2D eigenvalue weighted by Crippen LogP contribution is -2.27. The number of hydrogen-bond donors (Lipinski definition) is 0. The van der Waals surface area contributed by atoms with Crippen molar-refractivity contribution in [3.8, 4) is 0 Å². The fourth-order valence-corrected chi connectivity index (χ4v) is 1.81. The molecule has 1 rings (SSSR count). The molecule has 0 spiro atoms. The van der Waals surface area contributed by atoms with E-state index in [1.54, 1.807) is 12.7 Å². The summed E-state index contributed by atoms with van der Waals surface area (Å²) in [7, 11) is 0. The third-order valence-electron chi connectivity index (χ3n) is 2.83. The smallest absolute Gasteiger partial charge is 0.228 e. The summed E-state index contributed by atoms with van der Waals surface area (Å²) in [5.74, 6) is 0.826. The van der Waals surface area contributed by atoms with Crippen molar-refractivity contribution in [1.29, 1.82) is 0 Å². The van der Waals surface area contributed by atoms with Crippen molar-refractivity contribution < 1.29 is 0 Å². The van der Waals surface area contributed by atoms with Crippen LogP contribution in [-0.2, 0) is 0 Å². The van der Waals surface area contributed by atoms with Crippen LogP contribution in [-0.4, -0.2) is 28.0 Å². The van der Waals surface area contributed by atoms with Gasteiger partial charge in [0, 0.05) is 13.1 Å². The van der Waals surface area contributed by atoms with E-state index in [1.807, 2.05) is 0 Å². The van der Waals surface area contributed by atoms with Crippen LogP contribution < -0.4 is 4.90 Å². The van der Waals surface area contributed by atoms with E-state index in [0.29, 0.717) is 0 Å². The molecule has 1 aromatic heterocycles. The van der Waals surface area contributed by atoms with E-state index in [9.17, 15) is 0 Å². The van der Waals surface area contributed by atoms with Crippen molar-refractivity contribution in [3.63, 3.8) is 0 Å². The molecule has 1 heterocycles. The molecule has 0 saturated heterocycles. The molecule has 0 unspecified atom stereocenters. The van der Waals surface area contributed by atoms with Crippen LogP contribution in [0.25, 0.3) is 0 Å². The standard InChI is InChI=1S/C13H24N4/c1-3-5-7-9-17(10-8-6-4-2)13-15-11-14-12-16-13/h11-12H,3-10H2,1-2H3. The topological polar surface area (TPSA) is 41.9 Å². The Balaban J connectivity index is 2.46. The molecule has 0 atom stereocenters. The van der Waals surface area contributed by atoms with Gasteiger partial charge in [0.25, 0.3) is 0 Å². The lowest BCUT2D eigenvalue weighted by molar-refractivity contribution is 0.625. The Morgan fingerprint density at radius 3 is 1.88 bits per heavy atom. The molecule has 0 amide bonds. The Labute approximate surface area is 104 Å². The van der Waals surface area contributed by atoms with Crippen molar-refractivity contribution in [2.45, 2.75) is 52.4 Å². The van der Waals surface area contributed by atoms with Gasteiger partial charge in [-0.15, -0.1) is 0 Å². The van der Waals surface area contributed by atoms with E-state index < -0.39 is 0 Å². The summed E-state index contributed by atoms with van der Waals surface area (Å²) in [4.78, 5) is 14.6. The van der Waals surface area contributed by atoms with Crippen LogP contribution in [0.2, 0.25) is 0 Å². The SMILES string of the molecule is CCCCCN(CCCCC)c1ncncn1. The van der Waals surface area contributed by atoms with Crippen LogP contribution in [0.3, 0.4) is 0 Å². The van der Waals surface area contributed by atoms with Crippen LogP contribution >= 0.6 is 0 Å². The van der Waals surface area contributed by atoms with Crippen LogP contribution in [0, 0.1) is 0 Å². The van der Waals surface area contributed by atoms with Gasteiger partial charge in [0.15, 0.2) is 0 Å². The molecule has 17 heavy (non-hydrogen) atoms. The minimum Gasteiger partial charge on any atom is -0.341 e. The first kappa shape index (κ1) is 13.9. The van der Waals surface area contributed by atoms with E-state index in [0.717, 1.165) is 19.0 Å². The first-order chi connectivity index (χ1) is 8.38. The van der Waals surface area contributed by atoms with Gasteiger partial charge < -0.3 is 4.90 Å². The van der Waals surface area contributed by atoms with Crippen LogP contribution in [0.5, 0.6) is 0 Å². The predicted octanol–water partition coefficient (Wildman–Crippen LogP) is 3.06. The number of anilines is 1. The Kier molecular flexibility index (Phi) is 7.27. The van der Waals surface area contributed by atoms with Gasteiger partial charge in [0.2, 0.25) is 5.95 Å². The zero-order valence-electron chi connectivity index (χ0n) is 11.1. The summed E-state index contributed by atoms with van der Waals surface area (Å²) in [5, 5.41) is 0. The maximum Gasteiger partial charge on any atom is 0.228 e. The largest absolute Gasteiger partial charge is 0.341 e.